The molecule has 5 heteroatoms. The molecule has 0 atom stereocenters. The second-order valence-corrected chi connectivity index (χ2v) is 5.50. The molecule has 0 spiro atoms. The molecule has 0 radical (unpaired) electrons. The number of amides is 1. The van der Waals surface area contributed by atoms with Crippen LogP contribution in [-0.4, -0.2) is 32.8 Å². The summed E-state index contributed by atoms with van der Waals surface area (Å²) in [6, 6.07) is 3.30. The van der Waals surface area contributed by atoms with Gasteiger partial charge in [-0.3, -0.25) is 4.79 Å². The fraction of sp³-hybridized carbons (Fsp3) is 0.562. The maximum Gasteiger partial charge on any atom is 0.251 e. The van der Waals surface area contributed by atoms with Crippen molar-refractivity contribution in [2.24, 2.45) is 0 Å². The van der Waals surface area contributed by atoms with Gasteiger partial charge in [0.2, 0.25) is 5.75 Å². The summed E-state index contributed by atoms with van der Waals surface area (Å²) < 4.78 is 15.8. The van der Waals surface area contributed by atoms with Gasteiger partial charge in [-0.1, -0.05) is 13.3 Å². The molecular weight excluding hydrogens is 270 g/mol. The van der Waals surface area contributed by atoms with Crippen molar-refractivity contribution in [1.82, 2.24) is 5.32 Å². The SMILES string of the molecule is CCCC(C)(C)NC(=O)c1cc(OC)c(OC)c(OC)c1. The van der Waals surface area contributed by atoms with Gasteiger partial charge in [0.25, 0.3) is 5.91 Å². The molecule has 1 aromatic rings. The van der Waals surface area contributed by atoms with Crippen LogP contribution in [0.5, 0.6) is 17.2 Å². The number of carbonyl (C=O) groups excluding carboxylic acids is 1. The molecule has 5 nitrogen and oxygen atoms in total. The number of methoxy groups -OCH3 is 3. The van der Waals surface area contributed by atoms with Gasteiger partial charge in [0.05, 0.1) is 21.3 Å². The fourth-order valence-corrected chi connectivity index (χ4v) is 2.28. The summed E-state index contributed by atoms with van der Waals surface area (Å²) in [6.45, 7) is 6.10. The Balaban J connectivity index is 3.10. The van der Waals surface area contributed by atoms with Crippen LogP contribution in [-0.2, 0) is 0 Å². The minimum absolute atomic E-state index is 0.160. The summed E-state index contributed by atoms with van der Waals surface area (Å²) in [5.41, 5.74) is 0.223. The molecular formula is C16H25NO4. The van der Waals surface area contributed by atoms with E-state index >= 15 is 0 Å². The van der Waals surface area contributed by atoms with E-state index in [2.05, 4.69) is 12.2 Å². The molecule has 1 amide bonds. The molecule has 0 aliphatic carbocycles. The second-order valence-electron chi connectivity index (χ2n) is 5.50. The van der Waals surface area contributed by atoms with Crippen molar-refractivity contribution < 1.29 is 19.0 Å². The molecule has 0 saturated heterocycles. The molecule has 1 N–H and O–H groups in total. The minimum Gasteiger partial charge on any atom is -0.493 e. The Morgan fingerprint density at radius 3 is 2.00 bits per heavy atom. The predicted molar refractivity (Wildman–Crippen MR) is 82.6 cm³/mol. The predicted octanol–water partition coefficient (Wildman–Crippen LogP) is 3.02. The number of hydrogen-bond acceptors (Lipinski definition) is 4. The lowest BCUT2D eigenvalue weighted by Crippen LogP contribution is -2.43. The molecule has 1 aromatic carbocycles. The van der Waals surface area contributed by atoms with Gasteiger partial charge in [-0.2, -0.15) is 0 Å². The molecule has 1 rings (SSSR count). The van der Waals surface area contributed by atoms with Gasteiger partial charge in [0.15, 0.2) is 11.5 Å². The van der Waals surface area contributed by atoms with E-state index in [0.717, 1.165) is 12.8 Å². The highest BCUT2D eigenvalue weighted by Gasteiger charge is 2.22. The zero-order chi connectivity index (χ0) is 16.0. The van der Waals surface area contributed by atoms with E-state index < -0.39 is 0 Å². The highest BCUT2D eigenvalue weighted by molar-refractivity contribution is 5.96. The lowest BCUT2D eigenvalue weighted by Gasteiger charge is -2.26. The van der Waals surface area contributed by atoms with Gasteiger partial charge in [-0.05, 0) is 32.4 Å². The summed E-state index contributed by atoms with van der Waals surface area (Å²) in [6.07, 6.45) is 1.91. The molecule has 0 unspecified atom stereocenters. The molecule has 0 aromatic heterocycles. The monoisotopic (exact) mass is 295 g/mol. The van der Waals surface area contributed by atoms with E-state index in [-0.39, 0.29) is 11.4 Å². The normalized spacial score (nSPS) is 11.0. The van der Waals surface area contributed by atoms with E-state index in [4.69, 9.17) is 14.2 Å². The van der Waals surface area contributed by atoms with Gasteiger partial charge < -0.3 is 19.5 Å². The first-order valence-corrected chi connectivity index (χ1v) is 7.01. The van der Waals surface area contributed by atoms with Crippen LogP contribution in [0.2, 0.25) is 0 Å². The van der Waals surface area contributed by atoms with Crippen LogP contribution in [0.4, 0.5) is 0 Å². The summed E-state index contributed by atoms with van der Waals surface area (Å²) in [7, 11) is 4.59. The fourth-order valence-electron chi connectivity index (χ4n) is 2.28. The largest absolute Gasteiger partial charge is 0.493 e. The third-order valence-corrected chi connectivity index (χ3v) is 3.25. The molecule has 0 saturated carbocycles. The summed E-state index contributed by atoms with van der Waals surface area (Å²) in [5, 5.41) is 3.02. The highest BCUT2D eigenvalue weighted by Crippen LogP contribution is 2.38. The van der Waals surface area contributed by atoms with Crippen LogP contribution < -0.4 is 19.5 Å². The second kappa shape index (κ2) is 7.20. The maximum atomic E-state index is 12.4. The maximum absolute atomic E-state index is 12.4. The van der Waals surface area contributed by atoms with Crippen LogP contribution in [0.25, 0.3) is 0 Å². The van der Waals surface area contributed by atoms with Crippen LogP contribution in [0.15, 0.2) is 12.1 Å². The van der Waals surface area contributed by atoms with Crippen molar-refractivity contribution in [3.8, 4) is 17.2 Å². The average Bonchev–Trinajstić information content (AvgIpc) is 2.44. The van der Waals surface area contributed by atoms with Crippen molar-refractivity contribution in [2.75, 3.05) is 21.3 Å². The summed E-state index contributed by atoms with van der Waals surface area (Å²) in [4.78, 5) is 12.4. The highest BCUT2D eigenvalue weighted by atomic mass is 16.5. The first-order chi connectivity index (χ1) is 9.88. The lowest BCUT2D eigenvalue weighted by molar-refractivity contribution is 0.0908. The van der Waals surface area contributed by atoms with Gasteiger partial charge >= 0.3 is 0 Å². The molecule has 0 aliphatic rings. The molecule has 0 fully saturated rings. The number of hydrogen-bond donors (Lipinski definition) is 1. The van der Waals surface area contributed by atoms with Gasteiger partial charge in [-0.15, -0.1) is 0 Å². The first-order valence-electron chi connectivity index (χ1n) is 7.01. The van der Waals surface area contributed by atoms with Crippen molar-refractivity contribution in [1.29, 1.82) is 0 Å². The Kier molecular flexibility index (Phi) is 5.88. The van der Waals surface area contributed by atoms with E-state index in [9.17, 15) is 4.79 Å². The average molecular weight is 295 g/mol. The summed E-state index contributed by atoms with van der Waals surface area (Å²) in [5.74, 6) is 1.25. The smallest absolute Gasteiger partial charge is 0.251 e. The molecule has 118 valence electrons. The van der Waals surface area contributed by atoms with Gasteiger partial charge in [0.1, 0.15) is 0 Å². The number of nitrogens with one attached hydrogen (secondary N) is 1. The lowest BCUT2D eigenvalue weighted by atomic mass is 9.98. The van der Waals surface area contributed by atoms with Gasteiger partial charge in [-0.25, -0.2) is 0 Å². The van der Waals surface area contributed by atoms with Crippen molar-refractivity contribution >= 4 is 5.91 Å². The Morgan fingerprint density at radius 2 is 1.62 bits per heavy atom. The van der Waals surface area contributed by atoms with E-state index in [1.165, 1.54) is 21.3 Å². The van der Waals surface area contributed by atoms with Gasteiger partial charge in [0, 0.05) is 11.1 Å². The third-order valence-electron chi connectivity index (χ3n) is 3.25. The van der Waals surface area contributed by atoms with E-state index in [1.54, 1.807) is 12.1 Å². The van der Waals surface area contributed by atoms with Crippen LogP contribution in [0, 0.1) is 0 Å². The summed E-state index contributed by atoms with van der Waals surface area (Å²) >= 11 is 0. The minimum atomic E-state index is -0.258. The number of rotatable bonds is 7. The van der Waals surface area contributed by atoms with E-state index in [0.29, 0.717) is 22.8 Å². The Hall–Kier alpha value is -1.91. The van der Waals surface area contributed by atoms with Crippen LogP contribution in [0.3, 0.4) is 0 Å². The van der Waals surface area contributed by atoms with Crippen LogP contribution in [0.1, 0.15) is 44.0 Å². The topological polar surface area (TPSA) is 56.8 Å². The molecule has 0 heterocycles. The van der Waals surface area contributed by atoms with Crippen molar-refractivity contribution in [2.45, 2.75) is 39.2 Å². The van der Waals surface area contributed by atoms with Crippen molar-refractivity contribution in [3.63, 3.8) is 0 Å². The number of ether oxygens (including phenoxy) is 3. The third kappa shape index (κ3) is 4.28. The standard InChI is InChI=1S/C16H25NO4/c1-7-8-16(2,3)17-15(18)11-9-12(19-4)14(21-6)13(10-11)20-5/h9-10H,7-8H2,1-6H3,(H,17,18). The Bertz CT molecular complexity index is 472. The number of benzene rings is 1. The quantitative estimate of drug-likeness (QED) is 0.840. The first kappa shape index (κ1) is 17.1. The Morgan fingerprint density at radius 1 is 1.10 bits per heavy atom. The van der Waals surface area contributed by atoms with Crippen LogP contribution >= 0.6 is 0 Å². The van der Waals surface area contributed by atoms with Crippen molar-refractivity contribution in [3.05, 3.63) is 17.7 Å². The molecule has 0 bridgehead atoms. The zero-order valence-electron chi connectivity index (χ0n) is 13.7. The van der Waals surface area contributed by atoms with E-state index in [1.807, 2.05) is 13.8 Å². The molecule has 0 aliphatic heterocycles. The Labute approximate surface area is 126 Å². The number of carbonyl (C=O) groups is 1. The zero-order valence-corrected chi connectivity index (χ0v) is 13.7. The molecule has 21 heavy (non-hydrogen) atoms.